The molecule has 0 bridgehead atoms. The maximum absolute atomic E-state index is 12.5. The van der Waals surface area contributed by atoms with Crippen molar-refractivity contribution >= 4 is 17.3 Å². The van der Waals surface area contributed by atoms with Crippen molar-refractivity contribution < 1.29 is 0 Å². The minimum atomic E-state index is -0.257. The van der Waals surface area contributed by atoms with Crippen LogP contribution in [0.1, 0.15) is 32.1 Å². The molecule has 22 heavy (non-hydrogen) atoms. The first-order valence-electron chi connectivity index (χ1n) is 7.85. The molecule has 1 aromatic heterocycles. The van der Waals surface area contributed by atoms with Crippen LogP contribution >= 0.6 is 11.6 Å². The molecule has 0 saturated carbocycles. The molecule has 0 N–H and O–H groups in total. The van der Waals surface area contributed by atoms with Gasteiger partial charge in [-0.25, -0.2) is 0 Å². The van der Waals surface area contributed by atoms with E-state index in [0.29, 0.717) is 0 Å². The molecule has 2 aromatic rings. The number of anilines is 1. The molecule has 2 heterocycles. The first kappa shape index (κ1) is 15.1. The van der Waals surface area contributed by atoms with Gasteiger partial charge in [-0.1, -0.05) is 49.1 Å². The summed E-state index contributed by atoms with van der Waals surface area (Å²) in [6.45, 7) is 1.88. The molecule has 0 radical (unpaired) electrons. The van der Waals surface area contributed by atoms with Gasteiger partial charge in [0.25, 0.3) is 5.56 Å². The summed E-state index contributed by atoms with van der Waals surface area (Å²) in [5.74, 6) is 0. The first-order valence-corrected chi connectivity index (χ1v) is 8.23. The van der Waals surface area contributed by atoms with Gasteiger partial charge in [0.1, 0.15) is 5.02 Å². The number of nitrogens with zero attached hydrogens (tertiary/aromatic N) is 3. The van der Waals surface area contributed by atoms with E-state index < -0.39 is 0 Å². The molecule has 0 aliphatic carbocycles. The third-order valence-corrected chi connectivity index (χ3v) is 4.45. The average Bonchev–Trinajstić information content (AvgIpc) is 2.51. The normalized spacial score (nSPS) is 16.1. The maximum atomic E-state index is 12.5. The van der Waals surface area contributed by atoms with Gasteiger partial charge in [-0.2, -0.15) is 9.78 Å². The van der Waals surface area contributed by atoms with Crippen LogP contribution in [0.15, 0.2) is 41.3 Å². The van der Waals surface area contributed by atoms with Gasteiger partial charge in [-0.15, -0.1) is 0 Å². The van der Waals surface area contributed by atoms with Crippen molar-refractivity contribution in [3.63, 3.8) is 0 Å². The van der Waals surface area contributed by atoms with E-state index in [9.17, 15) is 4.79 Å². The van der Waals surface area contributed by atoms with Crippen LogP contribution in [0.25, 0.3) is 5.69 Å². The van der Waals surface area contributed by atoms with Gasteiger partial charge < -0.3 is 4.90 Å². The Hall–Kier alpha value is -1.81. The summed E-state index contributed by atoms with van der Waals surface area (Å²) in [5.41, 5.74) is 1.24. The zero-order valence-corrected chi connectivity index (χ0v) is 13.3. The molecule has 4 nitrogen and oxygen atoms in total. The van der Waals surface area contributed by atoms with Gasteiger partial charge in [0.05, 0.1) is 17.6 Å². The molecule has 1 aromatic carbocycles. The van der Waals surface area contributed by atoms with Crippen molar-refractivity contribution in [1.29, 1.82) is 0 Å². The Balaban J connectivity index is 1.94. The number of aromatic nitrogens is 2. The Bertz CT molecular complexity index is 676. The SMILES string of the molecule is O=c1c(Cl)c(N2CCCCCCC2)cnn1-c1ccccc1. The highest BCUT2D eigenvalue weighted by Gasteiger charge is 2.17. The molecule has 0 atom stereocenters. The van der Waals surface area contributed by atoms with Crippen LogP contribution in [-0.4, -0.2) is 22.9 Å². The van der Waals surface area contributed by atoms with E-state index in [4.69, 9.17) is 11.6 Å². The quantitative estimate of drug-likeness (QED) is 0.848. The molecule has 1 saturated heterocycles. The summed E-state index contributed by atoms with van der Waals surface area (Å²) in [6.07, 6.45) is 7.77. The fourth-order valence-electron chi connectivity index (χ4n) is 2.89. The molecule has 1 aliphatic heterocycles. The van der Waals surface area contributed by atoms with Crippen LogP contribution in [0, 0.1) is 0 Å². The second kappa shape index (κ2) is 6.97. The predicted octanol–water partition coefficient (Wildman–Crippen LogP) is 3.66. The Kier molecular flexibility index (Phi) is 4.78. The number of para-hydroxylation sites is 1. The van der Waals surface area contributed by atoms with E-state index in [0.717, 1.165) is 37.3 Å². The molecule has 0 spiro atoms. The van der Waals surface area contributed by atoms with Crippen molar-refractivity contribution in [2.45, 2.75) is 32.1 Å². The summed E-state index contributed by atoms with van der Waals surface area (Å²) in [7, 11) is 0. The lowest BCUT2D eigenvalue weighted by Crippen LogP contribution is -2.31. The second-order valence-electron chi connectivity index (χ2n) is 5.65. The summed E-state index contributed by atoms with van der Waals surface area (Å²) in [6, 6.07) is 9.36. The third-order valence-electron chi connectivity index (χ3n) is 4.10. The molecular weight excluding hydrogens is 298 g/mol. The van der Waals surface area contributed by atoms with Gasteiger partial charge in [0.2, 0.25) is 0 Å². The van der Waals surface area contributed by atoms with Crippen molar-refractivity contribution in [1.82, 2.24) is 9.78 Å². The zero-order valence-electron chi connectivity index (χ0n) is 12.5. The summed E-state index contributed by atoms with van der Waals surface area (Å²) in [4.78, 5) is 14.7. The second-order valence-corrected chi connectivity index (χ2v) is 6.03. The van der Waals surface area contributed by atoms with Crippen molar-refractivity contribution in [2.75, 3.05) is 18.0 Å². The van der Waals surface area contributed by atoms with Gasteiger partial charge in [-0.05, 0) is 25.0 Å². The number of hydrogen-bond acceptors (Lipinski definition) is 3. The monoisotopic (exact) mass is 317 g/mol. The minimum Gasteiger partial charge on any atom is -0.369 e. The van der Waals surface area contributed by atoms with E-state index in [1.807, 2.05) is 30.3 Å². The summed E-state index contributed by atoms with van der Waals surface area (Å²) >= 11 is 6.36. The number of benzene rings is 1. The smallest absolute Gasteiger partial charge is 0.292 e. The highest BCUT2D eigenvalue weighted by molar-refractivity contribution is 6.33. The van der Waals surface area contributed by atoms with Crippen molar-refractivity contribution in [3.8, 4) is 5.69 Å². The van der Waals surface area contributed by atoms with Crippen LogP contribution in [-0.2, 0) is 0 Å². The van der Waals surface area contributed by atoms with E-state index in [1.165, 1.54) is 23.9 Å². The minimum absolute atomic E-state index is 0.257. The average molecular weight is 318 g/mol. The fraction of sp³-hybridized carbons (Fsp3) is 0.412. The topological polar surface area (TPSA) is 38.1 Å². The van der Waals surface area contributed by atoms with E-state index in [2.05, 4.69) is 10.00 Å². The summed E-state index contributed by atoms with van der Waals surface area (Å²) < 4.78 is 1.36. The van der Waals surface area contributed by atoms with Gasteiger partial charge in [0, 0.05) is 13.1 Å². The Morgan fingerprint density at radius 3 is 2.27 bits per heavy atom. The van der Waals surface area contributed by atoms with Gasteiger partial charge in [0.15, 0.2) is 0 Å². The van der Waals surface area contributed by atoms with E-state index >= 15 is 0 Å². The zero-order chi connectivity index (χ0) is 15.4. The molecule has 0 amide bonds. The van der Waals surface area contributed by atoms with Crippen LogP contribution in [0.4, 0.5) is 5.69 Å². The Morgan fingerprint density at radius 2 is 1.59 bits per heavy atom. The molecule has 3 rings (SSSR count). The highest BCUT2D eigenvalue weighted by atomic mass is 35.5. The van der Waals surface area contributed by atoms with Gasteiger partial charge in [-0.3, -0.25) is 4.79 Å². The Morgan fingerprint density at radius 1 is 0.955 bits per heavy atom. The molecule has 1 fully saturated rings. The number of halogens is 1. The lowest BCUT2D eigenvalue weighted by atomic mass is 10.1. The van der Waals surface area contributed by atoms with Crippen LogP contribution in [0.5, 0.6) is 0 Å². The lowest BCUT2D eigenvalue weighted by Gasteiger charge is -2.27. The number of rotatable bonds is 2. The van der Waals surface area contributed by atoms with E-state index in [1.54, 1.807) is 6.20 Å². The predicted molar refractivity (Wildman–Crippen MR) is 90.1 cm³/mol. The third kappa shape index (κ3) is 3.17. The van der Waals surface area contributed by atoms with Crippen LogP contribution < -0.4 is 10.5 Å². The molecular formula is C17H20ClN3O. The fourth-order valence-corrected chi connectivity index (χ4v) is 3.13. The van der Waals surface area contributed by atoms with Crippen LogP contribution in [0.3, 0.4) is 0 Å². The highest BCUT2D eigenvalue weighted by Crippen LogP contribution is 2.24. The van der Waals surface area contributed by atoms with Crippen LogP contribution in [0.2, 0.25) is 5.02 Å². The first-order chi connectivity index (χ1) is 10.8. The molecule has 5 heteroatoms. The van der Waals surface area contributed by atoms with Crippen molar-refractivity contribution in [3.05, 3.63) is 51.9 Å². The molecule has 1 aliphatic rings. The Labute approximate surface area is 135 Å². The van der Waals surface area contributed by atoms with Crippen molar-refractivity contribution in [2.24, 2.45) is 0 Å². The number of hydrogen-bond donors (Lipinski definition) is 0. The molecule has 0 unspecified atom stereocenters. The van der Waals surface area contributed by atoms with Gasteiger partial charge >= 0.3 is 0 Å². The molecule has 116 valence electrons. The maximum Gasteiger partial charge on any atom is 0.292 e. The lowest BCUT2D eigenvalue weighted by molar-refractivity contribution is 0.555. The largest absolute Gasteiger partial charge is 0.369 e. The summed E-state index contributed by atoms with van der Waals surface area (Å²) in [5, 5.41) is 4.58. The van der Waals surface area contributed by atoms with E-state index in [-0.39, 0.29) is 10.6 Å². The standard InChI is InChI=1S/C17H20ClN3O/c18-16-15(20-11-7-2-1-3-8-12-20)13-19-21(17(16)22)14-9-5-4-6-10-14/h4-6,9-10,13H,1-3,7-8,11-12H2.